The fraction of sp³-hybridized carbons (Fsp3) is 0.909. The zero-order valence-corrected chi connectivity index (χ0v) is 36.5. The van der Waals surface area contributed by atoms with Gasteiger partial charge in [0.15, 0.2) is 12.4 Å². The van der Waals surface area contributed by atoms with E-state index in [-0.39, 0.29) is 19.4 Å². The predicted molar refractivity (Wildman–Crippen MR) is 224 cm³/mol. The zero-order chi connectivity index (χ0) is 42.0. The molecule has 1 aliphatic rings. The molecule has 0 bridgehead atoms. The van der Waals surface area contributed by atoms with Crippen molar-refractivity contribution >= 4 is 22.1 Å². The van der Waals surface area contributed by atoms with Crippen LogP contribution in [0.1, 0.15) is 200 Å². The molecule has 0 radical (unpaired) electrons. The van der Waals surface area contributed by atoms with Crippen LogP contribution in [0.2, 0.25) is 0 Å². The lowest BCUT2D eigenvalue weighted by molar-refractivity contribution is -0.297. The first-order valence-corrected chi connectivity index (χ1v) is 24.4. The first-order valence-electron chi connectivity index (χ1n) is 22.7. The molecule has 1 aliphatic heterocycles. The van der Waals surface area contributed by atoms with Crippen molar-refractivity contribution in [3.8, 4) is 0 Å². The van der Waals surface area contributed by atoms with Gasteiger partial charge in [-0.1, -0.05) is 161 Å². The van der Waals surface area contributed by atoms with Crippen LogP contribution in [0.3, 0.4) is 0 Å². The van der Waals surface area contributed by atoms with Gasteiger partial charge >= 0.3 is 11.9 Å². The summed E-state index contributed by atoms with van der Waals surface area (Å²) in [7, 11) is -4.59. The van der Waals surface area contributed by atoms with Gasteiger partial charge in [0.05, 0.1) is 6.61 Å². The lowest BCUT2D eigenvalue weighted by atomic mass is 10.00. The molecule has 0 aromatic rings. The Labute approximate surface area is 346 Å². The van der Waals surface area contributed by atoms with Crippen molar-refractivity contribution < 1.29 is 56.8 Å². The Bertz CT molecular complexity index is 1120. The number of carbonyl (C=O) groups excluding carboxylic acids is 2. The van der Waals surface area contributed by atoms with E-state index in [0.717, 1.165) is 38.5 Å². The first-order chi connectivity index (χ1) is 27.5. The van der Waals surface area contributed by atoms with E-state index >= 15 is 0 Å². The second kappa shape index (κ2) is 35.2. The molecule has 1 rings (SSSR count). The molecule has 13 heteroatoms. The van der Waals surface area contributed by atoms with Crippen molar-refractivity contribution in [3.63, 3.8) is 0 Å². The van der Waals surface area contributed by atoms with Gasteiger partial charge in [-0.25, -0.2) is 0 Å². The summed E-state index contributed by atoms with van der Waals surface area (Å²) in [5, 5.41) is 30.8. The molecule has 2 unspecified atom stereocenters. The van der Waals surface area contributed by atoms with Crippen molar-refractivity contribution in [2.45, 2.75) is 237 Å². The third kappa shape index (κ3) is 30.1. The maximum atomic E-state index is 12.8. The minimum Gasteiger partial charge on any atom is -0.462 e. The van der Waals surface area contributed by atoms with E-state index in [1.54, 1.807) is 0 Å². The van der Waals surface area contributed by atoms with Crippen LogP contribution < -0.4 is 0 Å². The summed E-state index contributed by atoms with van der Waals surface area (Å²) in [6.45, 7) is 3.72. The van der Waals surface area contributed by atoms with Crippen LogP contribution in [-0.4, -0.2) is 96.0 Å². The van der Waals surface area contributed by atoms with Crippen molar-refractivity contribution in [3.05, 3.63) is 12.2 Å². The third-order valence-corrected chi connectivity index (χ3v) is 11.3. The number of rotatable bonds is 38. The lowest BCUT2D eigenvalue weighted by Gasteiger charge is -2.40. The number of unbranched alkanes of at least 4 members (excludes halogenated alkanes) is 24. The fourth-order valence-electron chi connectivity index (χ4n) is 7.02. The zero-order valence-electron chi connectivity index (χ0n) is 35.7. The average molecular weight is 835 g/mol. The van der Waals surface area contributed by atoms with E-state index in [1.165, 1.54) is 122 Å². The van der Waals surface area contributed by atoms with Gasteiger partial charge in [0.25, 0.3) is 10.1 Å². The van der Waals surface area contributed by atoms with Crippen molar-refractivity contribution in [1.82, 2.24) is 0 Å². The van der Waals surface area contributed by atoms with E-state index in [0.29, 0.717) is 12.8 Å². The number of aliphatic hydroxyl groups is 3. The van der Waals surface area contributed by atoms with Crippen molar-refractivity contribution in [2.24, 2.45) is 0 Å². The van der Waals surface area contributed by atoms with E-state index < -0.39 is 71.2 Å². The summed E-state index contributed by atoms with van der Waals surface area (Å²) in [4.78, 5) is 25.3. The Kier molecular flexibility index (Phi) is 33.0. The molecule has 4 N–H and O–H groups in total. The number of ether oxygens (including phenoxy) is 4. The van der Waals surface area contributed by atoms with Crippen molar-refractivity contribution in [2.75, 3.05) is 19.0 Å². The largest absolute Gasteiger partial charge is 0.462 e. The van der Waals surface area contributed by atoms with Gasteiger partial charge in [-0.15, -0.1) is 0 Å². The summed E-state index contributed by atoms with van der Waals surface area (Å²) in [5.41, 5.74) is 0. The van der Waals surface area contributed by atoms with Crippen LogP contribution in [0, 0.1) is 0 Å². The molecule has 0 spiro atoms. The molecule has 336 valence electrons. The SMILES string of the molecule is CCCCCCCC/C=C/CCCCCCCCCCCCCC(=O)O[C@H](COC(=O)CCCCCCCCCC)CO[C@H]1O[C@H](CS(=O)(=O)O)[C@@H](O)C(O)C1O. The number of allylic oxidation sites excluding steroid dienone is 2. The van der Waals surface area contributed by atoms with Crippen LogP contribution in [0.25, 0.3) is 0 Å². The predicted octanol–water partition coefficient (Wildman–Crippen LogP) is 9.06. The highest BCUT2D eigenvalue weighted by molar-refractivity contribution is 7.85. The molecular weight excluding hydrogens is 753 g/mol. The maximum Gasteiger partial charge on any atom is 0.306 e. The smallest absolute Gasteiger partial charge is 0.306 e. The van der Waals surface area contributed by atoms with E-state index in [1.807, 2.05) is 0 Å². The highest BCUT2D eigenvalue weighted by Gasteiger charge is 2.46. The van der Waals surface area contributed by atoms with Crippen LogP contribution in [0.5, 0.6) is 0 Å². The van der Waals surface area contributed by atoms with Gasteiger partial charge in [-0.3, -0.25) is 14.1 Å². The minimum absolute atomic E-state index is 0.167. The molecule has 0 aromatic heterocycles. The van der Waals surface area contributed by atoms with Gasteiger partial charge in [0.1, 0.15) is 36.8 Å². The number of hydrogen-bond acceptors (Lipinski definition) is 11. The Morgan fingerprint density at radius 1 is 0.579 bits per heavy atom. The topological polar surface area (TPSA) is 186 Å². The molecular formula is C44H82O12S. The summed E-state index contributed by atoms with van der Waals surface area (Å²) >= 11 is 0. The minimum atomic E-state index is -4.59. The van der Waals surface area contributed by atoms with E-state index in [9.17, 15) is 37.9 Å². The Hall–Kier alpha value is -1.61. The first kappa shape index (κ1) is 53.4. The molecule has 0 saturated carbocycles. The maximum absolute atomic E-state index is 12.8. The van der Waals surface area contributed by atoms with Crippen LogP contribution in [-0.2, 0) is 38.7 Å². The average Bonchev–Trinajstić information content (AvgIpc) is 3.17. The quantitative estimate of drug-likeness (QED) is 0.0200. The fourth-order valence-corrected chi connectivity index (χ4v) is 7.72. The summed E-state index contributed by atoms with van der Waals surface area (Å²) in [6.07, 6.45) is 27.1. The Morgan fingerprint density at radius 2 is 1.00 bits per heavy atom. The highest BCUT2D eigenvalue weighted by Crippen LogP contribution is 2.24. The second-order valence-corrected chi connectivity index (χ2v) is 17.6. The monoisotopic (exact) mass is 835 g/mol. The van der Waals surface area contributed by atoms with E-state index in [4.69, 9.17) is 18.9 Å². The number of hydrogen-bond donors (Lipinski definition) is 4. The Balaban J connectivity index is 2.35. The molecule has 0 amide bonds. The second-order valence-electron chi connectivity index (χ2n) is 16.1. The normalized spacial score (nSPS) is 20.6. The van der Waals surface area contributed by atoms with Crippen LogP contribution in [0.15, 0.2) is 12.2 Å². The van der Waals surface area contributed by atoms with Gasteiger partial charge in [0, 0.05) is 12.8 Å². The number of aliphatic hydroxyl groups excluding tert-OH is 3. The highest BCUT2D eigenvalue weighted by atomic mass is 32.2. The summed E-state index contributed by atoms with van der Waals surface area (Å²) in [5.74, 6) is -1.98. The molecule has 1 heterocycles. The van der Waals surface area contributed by atoms with Gasteiger partial charge < -0.3 is 34.3 Å². The Morgan fingerprint density at radius 3 is 1.46 bits per heavy atom. The molecule has 0 aliphatic carbocycles. The van der Waals surface area contributed by atoms with Gasteiger partial charge in [-0.05, 0) is 38.5 Å². The number of carbonyl (C=O) groups is 2. The standard InChI is InChI=1S/C44H82O12S/c1-3-5-7-9-11-13-14-15-16-17-18-19-20-21-22-23-24-25-27-29-31-33-40(46)55-37(34-53-39(45)32-30-28-26-12-10-8-6-4-2)35-54-44-43(49)42(48)41(47)38(56-44)36-57(50,51)52/h15-16,37-38,41-44,47-49H,3-14,17-36H2,1-2H3,(H,50,51,52)/b16-15+/t37-,38-,41-,42?,43?,44+/m1/s1. The molecule has 6 atom stereocenters. The van der Waals surface area contributed by atoms with E-state index in [2.05, 4.69) is 26.0 Å². The van der Waals surface area contributed by atoms with Gasteiger partial charge in [-0.2, -0.15) is 8.42 Å². The van der Waals surface area contributed by atoms with Crippen LogP contribution >= 0.6 is 0 Å². The summed E-state index contributed by atoms with van der Waals surface area (Å²) < 4.78 is 53.9. The molecule has 57 heavy (non-hydrogen) atoms. The van der Waals surface area contributed by atoms with Crippen LogP contribution in [0.4, 0.5) is 0 Å². The summed E-state index contributed by atoms with van der Waals surface area (Å²) in [6, 6.07) is 0. The number of esters is 2. The van der Waals surface area contributed by atoms with Crippen molar-refractivity contribution in [1.29, 1.82) is 0 Å². The lowest BCUT2D eigenvalue weighted by Crippen LogP contribution is -2.60. The molecule has 0 aromatic carbocycles. The van der Waals surface area contributed by atoms with Gasteiger partial charge in [0.2, 0.25) is 0 Å². The molecule has 12 nitrogen and oxygen atoms in total. The molecule has 1 fully saturated rings. The third-order valence-electron chi connectivity index (χ3n) is 10.6. The molecule has 1 saturated heterocycles.